The first kappa shape index (κ1) is 24.4. The molecule has 2 aliphatic rings. The summed E-state index contributed by atoms with van der Waals surface area (Å²) in [6.45, 7) is 5.79. The average Bonchev–Trinajstić information content (AvgIpc) is 3.23. The van der Waals surface area contributed by atoms with E-state index >= 15 is 0 Å². The molecule has 1 atom stereocenters. The lowest BCUT2D eigenvalue weighted by Gasteiger charge is -2.45. The number of fused-ring (bicyclic) bond motifs is 3. The fraction of sp³-hybridized carbons (Fsp3) is 0.615. The molecule has 8 nitrogen and oxygen atoms in total. The number of benzene rings is 1. The summed E-state index contributed by atoms with van der Waals surface area (Å²) in [5, 5.41) is 4.07. The fourth-order valence-corrected chi connectivity index (χ4v) is 5.36. The number of nitrogens with zero attached hydrogens (tertiary/aromatic N) is 2. The Bertz CT molecular complexity index is 1040. The number of methoxy groups -OCH3 is 2. The highest BCUT2D eigenvalue weighted by molar-refractivity contribution is 6.05. The van der Waals surface area contributed by atoms with Crippen molar-refractivity contribution >= 4 is 22.7 Å². The van der Waals surface area contributed by atoms with Crippen molar-refractivity contribution in [2.24, 2.45) is 0 Å². The molecular weight excluding hydrogens is 434 g/mol. The highest BCUT2D eigenvalue weighted by Gasteiger charge is 2.48. The molecule has 1 fully saturated rings. The van der Waals surface area contributed by atoms with Gasteiger partial charge in [-0.25, -0.2) is 0 Å². The van der Waals surface area contributed by atoms with Crippen molar-refractivity contribution in [1.29, 1.82) is 0 Å². The van der Waals surface area contributed by atoms with Gasteiger partial charge in [0.25, 0.3) is 5.91 Å². The molecule has 1 aromatic heterocycles. The minimum atomic E-state index is -1.03. The number of rotatable bonds is 9. The zero-order valence-electron chi connectivity index (χ0n) is 20.8. The quantitative estimate of drug-likeness (QED) is 0.564. The number of hydrogen-bond acceptors (Lipinski definition) is 5. The Kier molecular flexibility index (Phi) is 7.36. The molecule has 8 heteroatoms. The van der Waals surface area contributed by atoms with Gasteiger partial charge >= 0.3 is 0 Å². The van der Waals surface area contributed by atoms with Crippen LogP contribution in [0.15, 0.2) is 18.2 Å². The van der Waals surface area contributed by atoms with E-state index in [1.54, 1.807) is 19.1 Å². The van der Waals surface area contributed by atoms with Gasteiger partial charge in [-0.15, -0.1) is 0 Å². The lowest BCUT2D eigenvalue weighted by Crippen LogP contribution is -2.65. The standard InChI is InChI=1S/C26H37N3O5/c1-5-34-15-9-14-29-24(30)20-16-19-21(32-3)12-13-22(33-4)23(19)28(20)17-26(29,2)25(31)27-18-10-7-6-8-11-18/h12-13,16,18H,5-11,14-15,17H2,1-4H3,(H,27,31)/t26-/m1/s1. The normalized spacial score (nSPS) is 20.9. The second-order valence-corrected chi connectivity index (χ2v) is 9.44. The van der Waals surface area contributed by atoms with E-state index in [4.69, 9.17) is 14.2 Å². The number of amides is 2. The topological polar surface area (TPSA) is 82.0 Å². The van der Waals surface area contributed by atoms with Crippen molar-refractivity contribution in [3.8, 4) is 11.5 Å². The van der Waals surface area contributed by atoms with Crippen molar-refractivity contribution in [2.75, 3.05) is 34.0 Å². The van der Waals surface area contributed by atoms with Crippen LogP contribution in [0, 0.1) is 0 Å². The molecule has 1 aliphatic heterocycles. The molecule has 34 heavy (non-hydrogen) atoms. The summed E-state index contributed by atoms with van der Waals surface area (Å²) in [4.78, 5) is 29.4. The van der Waals surface area contributed by atoms with Crippen molar-refractivity contribution in [3.05, 3.63) is 23.9 Å². The molecule has 2 aromatic rings. The van der Waals surface area contributed by atoms with Crippen LogP contribution >= 0.6 is 0 Å². The number of carbonyl (C=O) groups excluding carboxylic acids is 2. The minimum absolute atomic E-state index is 0.0986. The highest BCUT2D eigenvalue weighted by atomic mass is 16.5. The molecule has 1 aromatic carbocycles. The minimum Gasteiger partial charge on any atom is -0.496 e. The Morgan fingerprint density at radius 3 is 2.53 bits per heavy atom. The van der Waals surface area contributed by atoms with Crippen LogP contribution in [0.2, 0.25) is 0 Å². The van der Waals surface area contributed by atoms with Gasteiger partial charge < -0.3 is 29.0 Å². The smallest absolute Gasteiger partial charge is 0.271 e. The fourth-order valence-electron chi connectivity index (χ4n) is 5.36. The van der Waals surface area contributed by atoms with Crippen molar-refractivity contribution in [2.45, 2.75) is 70.5 Å². The number of aromatic nitrogens is 1. The molecular formula is C26H37N3O5. The van der Waals surface area contributed by atoms with Crippen LogP contribution in [0.3, 0.4) is 0 Å². The van der Waals surface area contributed by atoms with E-state index in [1.807, 2.05) is 36.6 Å². The first-order chi connectivity index (χ1) is 16.4. The Morgan fingerprint density at radius 1 is 1.15 bits per heavy atom. The summed E-state index contributed by atoms with van der Waals surface area (Å²) in [5.74, 6) is 1.05. The van der Waals surface area contributed by atoms with Crippen LogP contribution < -0.4 is 14.8 Å². The van der Waals surface area contributed by atoms with E-state index in [0.717, 1.165) is 36.6 Å². The summed E-state index contributed by atoms with van der Waals surface area (Å²) < 4.78 is 18.6. The monoisotopic (exact) mass is 471 g/mol. The van der Waals surface area contributed by atoms with Gasteiger partial charge in [-0.1, -0.05) is 19.3 Å². The predicted octanol–water partition coefficient (Wildman–Crippen LogP) is 3.75. The molecule has 186 valence electrons. The van der Waals surface area contributed by atoms with Crippen LogP contribution in [-0.4, -0.2) is 66.8 Å². The molecule has 0 unspecified atom stereocenters. The number of hydrogen-bond donors (Lipinski definition) is 1. The van der Waals surface area contributed by atoms with Crippen LogP contribution in [0.4, 0.5) is 0 Å². The molecule has 0 saturated heterocycles. The summed E-state index contributed by atoms with van der Waals surface area (Å²) in [6, 6.07) is 5.70. The third-order valence-electron chi connectivity index (χ3n) is 7.25. The summed E-state index contributed by atoms with van der Waals surface area (Å²) in [6.07, 6.45) is 6.11. The van der Waals surface area contributed by atoms with Gasteiger partial charge in [-0.05, 0) is 51.3 Å². The second kappa shape index (κ2) is 10.3. The molecule has 0 radical (unpaired) electrons. The van der Waals surface area contributed by atoms with E-state index < -0.39 is 5.54 Å². The van der Waals surface area contributed by atoms with Gasteiger partial charge in [0, 0.05) is 31.2 Å². The van der Waals surface area contributed by atoms with Gasteiger partial charge in [0.2, 0.25) is 5.91 Å². The lowest BCUT2D eigenvalue weighted by molar-refractivity contribution is -0.133. The molecule has 4 rings (SSSR count). The number of ether oxygens (including phenoxy) is 3. The van der Waals surface area contributed by atoms with Crippen molar-refractivity contribution in [1.82, 2.24) is 14.8 Å². The van der Waals surface area contributed by atoms with Gasteiger partial charge in [0.15, 0.2) is 0 Å². The maximum Gasteiger partial charge on any atom is 0.271 e. The summed E-state index contributed by atoms with van der Waals surface area (Å²) in [7, 11) is 3.22. The zero-order valence-corrected chi connectivity index (χ0v) is 20.8. The SMILES string of the molecule is CCOCCCN1C(=O)c2cc3c(OC)ccc(OC)c3n2C[C@]1(C)C(=O)NC1CCCCC1. The molecule has 1 aliphatic carbocycles. The molecule has 0 spiro atoms. The van der Waals surface area contributed by atoms with E-state index in [9.17, 15) is 9.59 Å². The number of nitrogens with one attached hydrogen (secondary N) is 1. The third kappa shape index (κ3) is 4.35. The molecule has 1 saturated carbocycles. The third-order valence-corrected chi connectivity index (χ3v) is 7.25. The summed E-state index contributed by atoms with van der Waals surface area (Å²) in [5.41, 5.74) is 0.279. The molecule has 1 N–H and O–H groups in total. The van der Waals surface area contributed by atoms with Crippen LogP contribution in [-0.2, 0) is 16.1 Å². The first-order valence-corrected chi connectivity index (χ1v) is 12.4. The maximum absolute atomic E-state index is 13.9. The molecule has 2 amide bonds. The summed E-state index contributed by atoms with van der Waals surface area (Å²) >= 11 is 0. The highest BCUT2D eigenvalue weighted by Crippen LogP contribution is 2.40. The van der Waals surface area contributed by atoms with Crippen LogP contribution in [0.25, 0.3) is 10.9 Å². The maximum atomic E-state index is 13.9. The van der Waals surface area contributed by atoms with E-state index in [2.05, 4.69) is 5.32 Å². The number of carbonyl (C=O) groups is 2. The van der Waals surface area contributed by atoms with Crippen molar-refractivity contribution in [3.63, 3.8) is 0 Å². The lowest BCUT2D eigenvalue weighted by atomic mass is 9.91. The Morgan fingerprint density at radius 2 is 1.85 bits per heavy atom. The Balaban J connectivity index is 1.75. The van der Waals surface area contributed by atoms with Crippen LogP contribution in [0.5, 0.6) is 11.5 Å². The molecule has 0 bridgehead atoms. The largest absolute Gasteiger partial charge is 0.496 e. The van der Waals surface area contributed by atoms with Gasteiger partial charge in [-0.3, -0.25) is 9.59 Å². The van der Waals surface area contributed by atoms with E-state index in [1.165, 1.54) is 6.42 Å². The molecule has 2 heterocycles. The van der Waals surface area contributed by atoms with Crippen molar-refractivity contribution < 1.29 is 23.8 Å². The zero-order chi connectivity index (χ0) is 24.3. The average molecular weight is 472 g/mol. The predicted molar refractivity (Wildman–Crippen MR) is 131 cm³/mol. The van der Waals surface area contributed by atoms with Gasteiger partial charge in [-0.2, -0.15) is 0 Å². The van der Waals surface area contributed by atoms with Gasteiger partial charge in [0.1, 0.15) is 22.7 Å². The van der Waals surface area contributed by atoms with Gasteiger partial charge in [0.05, 0.1) is 26.3 Å². The van der Waals surface area contributed by atoms with E-state index in [0.29, 0.717) is 49.9 Å². The Hall–Kier alpha value is -2.74. The first-order valence-electron chi connectivity index (χ1n) is 12.4. The Labute approximate surface area is 201 Å². The van der Waals surface area contributed by atoms with Crippen LogP contribution in [0.1, 0.15) is 62.9 Å². The van der Waals surface area contributed by atoms with E-state index in [-0.39, 0.29) is 17.9 Å². The second-order valence-electron chi connectivity index (χ2n) is 9.44.